The molecule has 0 bridgehead atoms. The highest BCUT2D eigenvalue weighted by Crippen LogP contribution is 2.49. The Labute approximate surface area is 62.4 Å². The summed E-state index contributed by atoms with van der Waals surface area (Å²) in [6.07, 6.45) is 2.15. The third-order valence-corrected chi connectivity index (χ3v) is 2.66. The lowest BCUT2D eigenvalue weighted by atomic mass is 9.91. The predicted molar refractivity (Wildman–Crippen MR) is 41.6 cm³/mol. The molecule has 0 radical (unpaired) electrons. The normalized spacial score (nSPS) is 27.6. The van der Waals surface area contributed by atoms with Crippen LogP contribution in [-0.4, -0.2) is 17.8 Å². The SMILES string of the molecule is CC(CN)C(O)C1(C)CC1. The smallest absolute Gasteiger partial charge is 0.0631 e. The van der Waals surface area contributed by atoms with Gasteiger partial charge in [0.1, 0.15) is 0 Å². The highest BCUT2D eigenvalue weighted by molar-refractivity contribution is 4.96. The lowest BCUT2D eigenvalue weighted by molar-refractivity contribution is 0.0557. The molecule has 0 spiro atoms. The molecule has 0 amide bonds. The highest BCUT2D eigenvalue weighted by atomic mass is 16.3. The van der Waals surface area contributed by atoms with Crippen molar-refractivity contribution in [2.75, 3.05) is 6.54 Å². The molecule has 1 fully saturated rings. The molecule has 0 saturated heterocycles. The molecule has 3 N–H and O–H groups in total. The van der Waals surface area contributed by atoms with E-state index in [1.54, 1.807) is 0 Å². The van der Waals surface area contributed by atoms with Crippen molar-refractivity contribution >= 4 is 0 Å². The van der Waals surface area contributed by atoms with Crippen molar-refractivity contribution in [1.29, 1.82) is 0 Å². The molecule has 10 heavy (non-hydrogen) atoms. The van der Waals surface area contributed by atoms with Crippen molar-refractivity contribution in [2.45, 2.75) is 32.8 Å². The Morgan fingerprint density at radius 2 is 2.10 bits per heavy atom. The van der Waals surface area contributed by atoms with Crippen LogP contribution in [0.15, 0.2) is 0 Å². The number of aliphatic hydroxyl groups is 1. The van der Waals surface area contributed by atoms with Crippen LogP contribution >= 0.6 is 0 Å². The van der Waals surface area contributed by atoms with E-state index in [0.717, 1.165) is 0 Å². The maximum atomic E-state index is 9.64. The number of hydrogen-bond donors (Lipinski definition) is 2. The molecule has 2 unspecified atom stereocenters. The second-order valence-electron chi connectivity index (χ2n) is 3.81. The molecule has 2 heteroatoms. The fourth-order valence-corrected chi connectivity index (χ4v) is 1.31. The Morgan fingerprint density at radius 3 is 2.40 bits per heavy atom. The molecule has 1 saturated carbocycles. The second kappa shape index (κ2) is 2.51. The summed E-state index contributed by atoms with van der Waals surface area (Å²) in [7, 11) is 0. The molecule has 0 heterocycles. The van der Waals surface area contributed by atoms with Crippen LogP contribution in [-0.2, 0) is 0 Å². The standard InChI is InChI=1S/C8H17NO/c1-6(5-9)7(10)8(2)3-4-8/h6-7,10H,3-5,9H2,1-2H3. The molecule has 0 aromatic carbocycles. The van der Waals surface area contributed by atoms with Crippen LogP contribution in [0.25, 0.3) is 0 Å². The number of rotatable bonds is 3. The third-order valence-electron chi connectivity index (χ3n) is 2.66. The first-order valence-electron chi connectivity index (χ1n) is 3.98. The van der Waals surface area contributed by atoms with Gasteiger partial charge in [0.2, 0.25) is 0 Å². The van der Waals surface area contributed by atoms with E-state index in [9.17, 15) is 5.11 Å². The molecular formula is C8H17NO. The Morgan fingerprint density at radius 1 is 1.60 bits per heavy atom. The van der Waals surface area contributed by atoms with Crippen LogP contribution in [0.5, 0.6) is 0 Å². The van der Waals surface area contributed by atoms with E-state index in [2.05, 4.69) is 6.92 Å². The van der Waals surface area contributed by atoms with Crippen LogP contribution in [0, 0.1) is 11.3 Å². The van der Waals surface area contributed by atoms with E-state index in [-0.39, 0.29) is 17.4 Å². The maximum absolute atomic E-state index is 9.64. The fraction of sp³-hybridized carbons (Fsp3) is 1.00. The van der Waals surface area contributed by atoms with E-state index in [1.807, 2.05) is 6.92 Å². The molecule has 1 aliphatic rings. The van der Waals surface area contributed by atoms with Crippen LogP contribution in [0.2, 0.25) is 0 Å². The Balaban J connectivity index is 2.40. The van der Waals surface area contributed by atoms with Gasteiger partial charge in [-0.15, -0.1) is 0 Å². The second-order valence-corrected chi connectivity index (χ2v) is 3.81. The summed E-state index contributed by atoms with van der Waals surface area (Å²) in [5.74, 6) is 0.257. The average molecular weight is 143 g/mol. The maximum Gasteiger partial charge on any atom is 0.0631 e. The van der Waals surface area contributed by atoms with Crippen LogP contribution < -0.4 is 5.73 Å². The highest BCUT2D eigenvalue weighted by Gasteiger charge is 2.45. The minimum atomic E-state index is -0.183. The van der Waals surface area contributed by atoms with Gasteiger partial charge < -0.3 is 10.8 Å². The summed E-state index contributed by atoms with van der Waals surface area (Å²) < 4.78 is 0. The first-order chi connectivity index (χ1) is 4.60. The summed E-state index contributed by atoms with van der Waals surface area (Å²) in [6, 6.07) is 0. The molecule has 1 aliphatic carbocycles. The van der Waals surface area contributed by atoms with Crippen LogP contribution in [0.3, 0.4) is 0 Å². The van der Waals surface area contributed by atoms with E-state index >= 15 is 0 Å². The van der Waals surface area contributed by atoms with Gasteiger partial charge in [-0.2, -0.15) is 0 Å². The summed E-state index contributed by atoms with van der Waals surface area (Å²) >= 11 is 0. The van der Waals surface area contributed by atoms with Gasteiger partial charge in [-0.3, -0.25) is 0 Å². The lowest BCUT2D eigenvalue weighted by Gasteiger charge is -2.22. The van der Waals surface area contributed by atoms with E-state index < -0.39 is 0 Å². The quantitative estimate of drug-likeness (QED) is 0.612. The molecule has 2 atom stereocenters. The molecule has 0 aromatic rings. The van der Waals surface area contributed by atoms with Crippen molar-refractivity contribution in [1.82, 2.24) is 0 Å². The number of aliphatic hydroxyl groups excluding tert-OH is 1. The van der Waals surface area contributed by atoms with Gasteiger partial charge in [-0.1, -0.05) is 13.8 Å². The van der Waals surface area contributed by atoms with Crippen LogP contribution in [0.1, 0.15) is 26.7 Å². The van der Waals surface area contributed by atoms with E-state index in [1.165, 1.54) is 12.8 Å². The monoisotopic (exact) mass is 143 g/mol. The molecular weight excluding hydrogens is 126 g/mol. The minimum Gasteiger partial charge on any atom is -0.392 e. The zero-order chi connectivity index (χ0) is 7.78. The van der Waals surface area contributed by atoms with Crippen molar-refractivity contribution in [2.24, 2.45) is 17.1 Å². The molecule has 0 aliphatic heterocycles. The fourth-order valence-electron chi connectivity index (χ4n) is 1.31. The van der Waals surface area contributed by atoms with Crippen molar-refractivity contribution in [3.05, 3.63) is 0 Å². The number of hydrogen-bond acceptors (Lipinski definition) is 2. The van der Waals surface area contributed by atoms with Crippen LogP contribution in [0.4, 0.5) is 0 Å². The largest absolute Gasteiger partial charge is 0.392 e. The van der Waals surface area contributed by atoms with Crippen molar-refractivity contribution in [3.8, 4) is 0 Å². The Hall–Kier alpha value is -0.0800. The van der Waals surface area contributed by atoms with Gasteiger partial charge in [-0.25, -0.2) is 0 Å². The summed E-state index contributed by atoms with van der Waals surface area (Å²) in [4.78, 5) is 0. The van der Waals surface area contributed by atoms with E-state index in [4.69, 9.17) is 5.73 Å². The molecule has 2 nitrogen and oxygen atoms in total. The number of nitrogens with two attached hydrogens (primary N) is 1. The van der Waals surface area contributed by atoms with Gasteiger partial charge in [0.15, 0.2) is 0 Å². The topological polar surface area (TPSA) is 46.2 Å². The predicted octanol–water partition coefficient (Wildman–Crippen LogP) is 0.742. The van der Waals surface area contributed by atoms with Gasteiger partial charge >= 0.3 is 0 Å². The first kappa shape index (κ1) is 8.02. The van der Waals surface area contributed by atoms with Gasteiger partial charge in [0.25, 0.3) is 0 Å². The molecule has 60 valence electrons. The van der Waals surface area contributed by atoms with Crippen molar-refractivity contribution in [3.63, 3.8) is 0 Å². The summed E-state index contributed by atoms with van der Waals surface area (Å²) in [5, 5.41) is 9.64. The van der Waals surface area contributed by atoms with Gasteiger partial charge in [-0.05, 0) is 30.7 Å². The van der Waals surface area contributed by atoms with Gasteiger partial charge in [0, 0.05) is 0 Å². The summed E-state index contributed by atoms with van der Waals surface area (Å²) in [6.45, 7) is 4.73. The molecule has 0 aromatic heterocycles. The molecule has 1 rings (SSSR count). The zero-order valence-electron chi connectivity index (χ0n) is 6.80. The zero-order valence-corrected chi connectivity index (χ0v) is 6.80. The lowest BCUT2D eigenvalue weighted by Crippen LogP contribution is -2.31. The Kier molecular flexibility index (Phi) is 2.02. The summed E-state index contributed by atoms with van der Waals surface area (Å²) in [5.41, 5.74) is 5.64. The minimum absolute atomic E-state index is 0.183. The Bertz CT molecular complexity index is 120. The van der Waals surface area contributed by atoms with E-state index in [0.29, 0.717) is 6.54 Å². The van der Waals surface area contributed by atoms with Gasteiger partial charge in [0.05, 0.1) is 6.10 Å². The average Bonchev–Trinajstić information content (AvgIpc) is 2.66. The third kappa shape index (κ3) is 1.32. The first-order valence-corrected chi connectivity index (χ1v) is 3.98. The van der Waals surface area contributed by atoms with Crippen molar-refractivity contribution < 1.29 is 5.11 Å².